The van der Waals surface area contributed by atoms with Crippen LogP contribution in [-0.4, -0.2) is 44.2 Å². The quantitative estimate of drug-likeness (QED) is 0.569. The second kappa shape index (κ2) is 9.46. The normalized spacial score (nSPS) is 15.6. The number of ether oxygens (including phenoxy) is 2. The zero-order valence-corrected chi connectivity index (χ0v) is 16.9. The Morgan fingerprint density at radius 2 is 1.89 bits per heavy atom. The minimum Gasteiger partial charge on any atom is -0.493 e. The SMILES string of the molecule is COc1ccc(CN=C(N)NCC(C)N2CCc3ccccc3C2)cc1OC. The predicted molar refractivity (Wildman–Crippen MR) is 113 cm³/mol. The Balaban J connectivity index is 1.50. The van der Waals surface area contributed by atoms with Crippen LogP contribution in [0.2, 0.25) is 0 Å². The van der Waals surface area contributed by atoms with Crippen LogP contribution in [0.1, 0.15) is 23.6 Å². The first-order chi connectivity index (χ1) is 13.6. The number of nitrogens with one attached hydrogen (secondary N) is 1. The van der Waals surface area contributed by atoms with E-state index in [1.165, 1.54) is 11.1 Å². The van der Waals surface area contributed by atoms with Gasteiger partial charge < -0.3 is 20.5 Å². The van der Waals surface area contributed by atoms with Crippen molar-refractivity contribution in [1.29, 1.82) is 0 Å². The van der Waals surface area contributed by atoms with Crippen LogP contribution in [0.3, 0.4) is 0 Å². The first-order valence-corrected chi connectivity index (χ1v) is 9.66. The van der Waals surface area contributed by atoms with Crippen LogP contribution < -0.4 is 20.5 Å². The van der Waals surface area contributed by atoms with Gasteiger partial charge in [-0.05, 0) is 42.2 Å². The Hall–Kier alpha value is -2.73. The fourth-order valence-corrected chi connectivity index (χ4v) is 3.49. The van der Waals surface area contributed by atoms with Crippen LogP contribution in [0.25, 0.3) is 0 Å². The standard InChI is InChI=1S/C22H30N4O2/c1-16(26-11-10-18-6-4-5-7-19(18)15-26)13-24-22(23)25-14-17-8-9-20(27-2)21(12-17)28-3/h4-9,12,16H,10-11,13-15H2,1-3H3,(H3,23,24,25). The molecule has 3 N–H and O–H groups in total. The molecule has 1 atom stereocenters. The van der Waals surface area contributed by atoms with E-state index in [1.54, 1.807) is 14.2 Å². The van der Waals surface area contributed by atoms with Gasteiger partial charge in [0.15, 0.2) is 17.5 Å². The lowest BCUT2D eigenvalue weighted by Gasteiger charge is -2.33. The lowest BCUT2D eigenvalue weighted by molar-refractivity contribution is 0.191. The minimum atomic E-state index is 0.378. The van der Waals surface area contributed by atoms with Crippen molar-refractivity contribution in [2.75, 3.05) is 27.3 Å². The van der Waals surface area contributed by atoms with Crippen molar-refractivity contribution in [2.45, 2.75) is 32.5 Å². The molecule has 2 aromatic rings. The molecule has 28 heavy (non-hydrogen) atoms. The van der Waals surface area contributed by atoms with E-state index in [2.05, 4.69) is 46.4 Å². The Kier molecular flexibility index (Phi) is 6.76. The molecular weight excluding hydrogens is 352 g/mol. The molecule has 0 saturated heterocycles. The Labute approximate surface area is 167 Å². The number of nitrogens with two attached hydrogens (primary N) is 1. The van der Waals surface area contributed by atoms with E-state index >= 15 is 0 Å². The lowest BCUT2D eigenvalue weighted by atomic mass is 9.99. The topological polar surface area (TPSA) is 72.1 Å². The summed E-state index contributed by atoms with van der Waals surface area (Å²) in [5.74, 6) is 1.86. The van der Waals surface area contributed by atoms with Crippen molar-refractivity contribution in [3.63, 3.8) is 0 Å². The average Bonchev–Trinajstić information content (AvgIpc) is 2.75. The van der Waals surface area contributed by atoms with E-state index in [4.69, 9.17) is 15.2 Å². The molecule has 0 aromatic heterocycles. The summed E-state index contributed by atoms with van der Waals surface area (Å²) in [7, 11) is 3.25. The number of guanidine groups is 1. The van der Waals surface area contributed by atoms with Crippen molar-refractivity contribution in [3.8, 4) is 11.5 Å². The van der Waals surface area contributed by atoms with Crippen molar-refractivity contribution in [1.82, 2.24) is 10.2 Å². The fourth-order valence-electron chi connectivity index (χ4n) is 3.49. The Morgan fingerprint density at radius 1 is 1.14 bits per heavy atom. The highest BCUT2D eigenvalue weighted by Crippen LogP contribution is 2.27. The molecule has 1 unspecified atom stereocenters. The van der Waals surface area contributed by atoms with Gasteiger partial charge in [-0.25, -0.2) is 4.99 Å². The number of rotatable bonds is 7. The molecule has 0 amide bonds. The second-order valence-electron chi connectivity index (χ2n) is 7.11. The van der Waals surface area contributed by atoms with Gasteiger partial charge in [0, 0.05) is 25.7 Å². The van der Waals surface area contributed by atoms with E-state index in [1.807, 2.05) is 18.2 Å². The molecule has 0 spiro atoms. The van der Waals surface area contributed by atoms with Gasteiger partial charge >= 0.3 is 0 Å². The van der Waals surface area contributed by atoms with Crippen LogP contribution in [0.5, 0.6) is 11.5 Å². The molecule has 2 aromatic carbocycles. The fraction of sp³-hybridized carbons (Fsp3) is 0.409. The summed E-state index contributed by atoms with van der Waals surface area (Å²) in [5.41, 5.74) is 9.98. The molecule has 6 nitrogen and oxygen atoms in total. The molecule has 3 rings (SSSR count). The highest BCUT2D eigenvalue weighted by atomic mass is 16.5. The average molecular weight is 383 g/mol. The van der Waals surface area contributed by atoms with Crippen molar-refractivity contribution in [3.05, 3.63) is 59.2 Å². The summed E-state index contributed by atoms with van der Waals surface area (Å²) >= 11 is 0. The van der Waals surface area contributed by atoms with Gasteiger partial charge in [0.25, 0.3) is 0 Å². The molecular formula is C22H30N4O2. The zero-order valence-electron chi connectivity index (χ0n) is 16.9. The van der Waals surface area contributed by atoms with Crippen LogP contribution in [0.15, 0.2) is 47.5 Å². The maximum absolute atomic E-state index is 6.07. The third kappa shape index (κ3) is 4.95. The summed E-state index contributed by atoms with van der Waals surface area (Å²) in [4.78, 5) is 6.93. The number of hydrogen-bond acceptors (Lipinski definition) is 4. The molecule has 0 fully saturated rings. The minimum absolute atomic E-state index is 0.378. The van der Waals surface area contributed by atoms with Crippen LogP contribution in [0, 0.1) is 0 Å². The molecule has 0 radical (unpaired) electrons. The van der Waals surface area contributed by atoms with Crippen molar-refractivity contribution >= 4 is 5.96 Å². The molecule has 0 saturated carbocycles. The van der Waals surface area contributed by atoms with E-state index in [0.717, 1.165) is 31.6 Å². The molecule has 150 valence electrons. The predicted octanol–water partition coefficient (Wildman–Crippen LogP) is 2.55. The highest BCUT2D eigenvalue weighted by molar-refractivity contribution is 5.77. The van der Waals surface area contributed by atoms with Gasteiger partial charge in [0.1, 0.15) is 0 Å². The molecule has 1 aliphatic heterocycles. The Bertz CT molecular complexity index is 822. The maximum atomic E-state index is 6.07. The maximum Gasteiger partial charge on any atom is 0.188 e. The highest BCUT2D eigenvalue weighted by Gasteiger charge is 2.20. The smallest absolute Gasteiger partial charge is 0.188 e. The number of fused-ring (bicyclic) bond motifs is 1. The van der Waals surface area contributed by atoms with Crippen molar-refractivity contribution < 1.29 is 9.47 Å². The molecule has 0 bridgehead atoms. The van der Waals surface area contributed by atoms with E-state index in [9.17, 15) is 0 Å². The van der Waals surface area contributed by atoms with Gasteiger partial charge in [0.05, 0.1) is 20.8 Å². The molecule has 6 heteroatoms. The lowest BCUT2D eigenvalue weighted by Crippen LogP contribution is -2.46. The second-order valence-corrected chi connectivity index (χ2v) is 7.11. The van der Waals surface area contributed by atoms with Gasteiger partial charge in [-0.2, -0.15) is 0 Å². The van der Waals surface area contributed by atoms with Crippen LogP contribution in [0.4, 0.5) is 0 Å². The summed E-state index contributed by atoms with van der Waals surface area (Å²) in [6.07, 6.45) is 1.10. The summed E-state index contributed by atoms with van der Waals surface area (Å²) in [5, 5.41) is 3.26. The number of nitrogens with zero attached hydrogens (tertiary/aromatic N) is 2. The van der Waals surface area contributed by atoms with E-state index in [0.29, 0.717) is 30.0 Å². The molecule has 0 aliphatic carbocycles. The summed E-state index contributed by atoms with van der Waals surface area (Å²) < 4.78 is 10.6. The molecule has 1 heterocycles. The van der Waals surface area contributed by atoms with Crippen molar-refractivity contribution in [2.24, 2.45) is 10.7 Å². The monoisotopic (exact) mass is 382 g/mol. The Morgan fingerprint density at radius 3 is 2.64 bits per heavy atom. The first kappa shape index (κ1) is 20.0. The molecule has 1 aliphatic rings. The third-order valence-corrected chi connectivity index (χ3v) is 5.24. The van der Waals surface area contributed by atoms with Gasteiger partial charge in [-0.15, -0.1) is 0 Å². The number of methoxy groups -OCH3 is 2. The third-order valence-electron chi connectivity index (χ3n) is 5.24. The number of hydrogen-bond donors (Lipinski definition) is 2. The number of benzene rings is 2. The summed E-state index contributed by atoms with van der Waals surface area (Å²) in [6, 6.07) is 14.8. The first-order valence-electron chi connectivity index (χ1n) is 9.66. The largest absolute Gasteiger partial charge is 0.493 e. The van der Waals surface area contributed by atoms with Gasteiger partial charge in [0.2, 0.25) is 0 Å². The van der Waals surface area contributed by atoms with E-state index < -0.39 is 0 Å². The van der Waals surface area contributed by atoms with Gasteiger partial charge in [-0.3, -0.25) is 4.90 Å². The van der Waals surface area contributed by atoms with E-state index in [-0.39, 0.29) is 0 Å². The van der Waals surface area contributed by atoms with Gasteiger partial charge in [-0.1, -0.05) is 30.3 Å². The van der Waals surface area contributed by atoms with Crippen LogP contribution in [-0.2, 0) is 19.5 Å². The number of aliphatic imine (C=N–C) groups is 1. The zero-order chi connectivity index (χ0) is 19.9. The summed E-state index contributed by atoms with van der Waals surface area (Å²) in [6.45, 7) is 5.54. The van der Waals surface area contributed by atoms with Crippen LogP contribution >= 0.6 is 0 Å².